The molecule has 3 aromatic heterocycles. The molecule has 2 nitrogen and oxygen atoms in total. The van der Waals surface area contributed by atoms with Crippen molar-refractivity contribution in [3.05, 3.63) is 164 Å². The molecule has 0 fully saturated rings. The van der Waals surface area contributed by atoms with Crippen LogP contribution in [0, 0.1) is 0 Å². The molecular weight excluding hydrogens is 567 g/mol. The Kier molecular flexibility index (Phi) is 6.03. The highest BCUT2D eigenvalue weighted by Gasteiger charge is 2.17. The lowest BCUT2D eigenvalue weighted by atomic mass is 9.89. The van der Waals surface area contributed by atoms with Gasteiger partial charge in [0, 0.05) is 28.2 Å². The summed E-state index contributed by atoms with van der Waals surface area (Å²) in [4.78, 5) is 1.28. The number of rotatable bonds is 5. The third-order valence-corrected chi connectivity index (χ3v) is 9.73. The second kappa shape index (κ2) is 10.5. The summed E-state index contributed by atoms with van der Waals surface area (Å²) in [5.74, 6) is 0.871. The van der Waals surface area contributed by atoms with E-state index in [0.717, 1.165) is 16.9 Å². The predicted molar refractivity (Wildman–Crippen MR) is 190 cm³/mol. The number of hydrogen-bond acceptors (Lipinski definition) is 2. The van der Waals surface area contributed by atoms with E-state index in [1.165, 1.54) is 65.1 Å². The summed E-state index contributed by atoms with van der Waals surface area (Å²) in [6.07, 6.45) is 5.98. The third-order valence-electron chi connectivity index (χ3n) is 8.82. The number of aromatic nitrogens is 1. The Morgan fingerprint density at radius 2 is 1.31 bits per heavy atom. The van der Waals surface area contributed by atoms with Crippen LogP contribution in [0.4, 0.5) is 0 Å². The second-order valence-electron chi connectivity index (χ2n) is 11.4. The first kappa shape index (κ1) is 25.8. The molecule has 9 aromatic rings. The van der Waals surface area contributed by atoms with E-state index < -0.39 is 0 Å². The van der Waals surface area contributed by atoms with E-state index in [4.69, 9.17) is 4.42 Å². The van der Waals surface area contributed by atoms with Crippen molar-refractivity contribution in [1.29, 1.82) is 0 Å². The molecule has 0 amide bonds. The molecular formula is C42H27NOS. The Morgan fingerprint density at radius 1 is 0.489 bits per heavy atom. The molecule has 0 unspecified atom stereocenters. The smallest absolute Gasteiger partial charge is 0.135 e. The first-order valence-electron chi connectivity index (χ1n) is 15.1. The van der Waals surface area contributed by atoms with Crippen LogP contribution in [0.1, 0.15) is 0 Å². The van der Waals surface area contributed by atoms with Gasteiger partial charge < -0.3 is 8.98 Å². The SMILES string of the molecule is c1coc(-c2c(-c3ccc4cccc(-c5cccs5)c4c3)ccc3cc(-c4cc(-n5cccc5)c5ccccc5c4)ccc23)c1. The van der Waals surface area contributed by atoms with Crippen molar-refractivity contribution < 1.29 is 4.42 Å². The van der Waals surface area contributed by atoms with Gasteiger partial charge in [-0.3, -0.25) is 0 Å². The van der Waals surface area contributed by atoms with E-state index in [0.29, 0.717) is 0 Å². The maximum atomic E-state index is 6.08. The molecule has 45 heavy (non-hydrogen) atoms. The van der Waals surface area contributed by atoms with Gasteiger partial charge >= 0.3 is 0 Å². The van der Waals surface area contributed by atoms with E-state index in [-0.39, 0.29) is 0 Å². The van der Waals surface area contributed by atoms with Crippen LogP contribution in [0.2, 0.25) is 0 Å². The average Bonchev–Trinajstić information content (AvgIpc) is 3.91. The Bertz CT molecular complexity index is 2470. The lowest BCUT2D eigenvalue weighted by Crippen LogP contribution is -1.93. The Morgan fingerprint density at radius 3 is 2.18 bits per heavy atom. The Hall–Kier alpha value is -5.64. The number of fused-ring (bicyclic) bond motifs is 3. The van der Waals surface area contributed by atoms with Gasteiger partial charge in [-0.2, -0.15) is 0 Å². The minimum atomic E-state index is 0.871. The lowest BCUT2D eigenvalue weighted by Gasteiger charge is -2.15. The van der Waals surface area contributed by atoms with E-state index in [2.05, 4.69) is 156 Å². The summed E-state index contributed by atoms with van der Waals surface area (Å²) in [6.45, 7) is 0. The van der Waals surface area contributed by atoms with Crippen LogP contribution in [0.3, 0.4) is 0 Å². The van der Waals surface area contributed by atoms with Gasteiger partial charge in [0.05, 0.1) is 12.0 Å². The lowest BCUT2D eigenvalue weighted by molar-refractivity contribution is 0.583. The van der Waals surface area contributed by atoms with Crippen LogP contribution in [-0.2, 0) is 0 Å². The van der Waals surface area contributed by atoms with Gasteiger partial charge in [-0.1, -0.05) is 84.9 Å². The summed E-state index contributed by atoms with van der Waals surface area (Å²) in [7, 11) is 0. The van der Waals surface area contributed by atoms with Crippen LogP contribution in [0.25, 0.3) is 82.0 Å². The molecule has 0 bridgehead atoms. The molecule has 212 valence electrons. The molecule has 0 aliphatic rings. The van der Waals surface area contributed by atoms with E-state index in [9.17, 15) is 0 Å². The van der Waals surface area contributed by atoms with Crippen molar-refractivity contribution in [3.63, 3.8) is 0 Å². The first-order valence-corrected chi connectivity index (χ1v) is 16.0. The summed E-state index contributed by atoms with van der Waals surface area (Å²) in [5, 5.41) is 9.45. The predicted octanol–water partition coefficient (Wildman–Crippen LogP) is 12.3. The van der Waals surface area contributed by atoms with Crippen molar-refractivity contribution in [2.45, 2.75) is 0 Å². The number of benzene rings is 6. The molecule has 6 aromatic carbocycles. The zero-order valence-corrected chi connectivity index (χ0v) is 25.2. The van der Waals surface area contributed by atoms with Gasteiger partial charge in [-0.25, -0.2) is 0 Å². The van der Waals surface area contributed by atoms with Gasteiger partial charge in [-0.15, -0.1) is 11.3 Å². The highest BCUT2D eigenvalue weighted by molar-refractivity contribution is 7.13. The van der Waals surface area contributed by atoms with Gasteiger partial charge in [-0.05, 0) is 115 Å². The van der Waals surface area contributed by atoms with Crippen LogP contribution >= 0.6 is 11.3 Å². The summed E-state index contributed by atoms with van der Waals surface area (Å²) in [6, 6.07) is 50.4. The highest BCUT2D eigenvalue weighted by Crippen LogP contribution is 2.42. The fourth-order valence-electron chi connectivity index (χ4n) is 6.69. The summed E-state index contributed by atoms with van der Waals surface area (Å²) >= 11 is 1.78. The Balaban J connectivity index is 1.23. The Labute approximate surface area is 265 Å². The van der Waals surface area contributed by atoms with Crippen molar-refractivity contribution >= 4 is 43.7 Å². The topological polar surface area (TPSA) is 18.1 Å². The number of hydrogen-bond donors (Lipinski definition) is 0. The maximum Gasteiger partial charge on any atom is 0.135 e. The minimum absolute atomic E-state index is 0.871. The van der Waals surface area contributed by atoms with E-state index in [1.54, 1.807) is 17.6 Å². The number of thiophene rings is 1. The van der Waals surface area contributed by atoms with Crippen LogP contribution < -0.4 is 0 Å². The highest BCUT2D eigenvalue weighted by atomic mass is 32.1. The largest absolute Gasteiger partial charge is 0.464 e. The van der Waals surface area contributed by atoms with Gasteiger partial charge in [0.1, 0.15) is 5.76 Å². The molecule has 0 spiro atoms. The molecule has 0 atom stereocenters. The zero-order valence-electron chi connectivity index (χ0n) is 24.4. The van der Waals surface area contributed by atoms with Crippen molar-refractivity contribution in [1.82, 2.24) is 4.57 Å². The standard InChI is InChI=1S/C42H27NOS/c1-2-10-34-30(8-1)25-33(27-39(34)43-20-3-4-21-43)29-16-18-35-31(24-29)17-19-36(42(35)40-12-6-22-44-40)32-15-14-28-9-5-11-37(38(28)26-32)41-13-7-23-45-41/h1-27H. The van der Waals surface area contributed by atoms with Crippen LogP contribution in [0.5, 0.6) is 0 Å². The molecule has 0 aliphatic heterocycles. The summed E-state index contributed by atoms with van der Waals surface area (Å²) in [5.41, 5.74) is 8.28. The van der Waals surface area contributed by atoms with Crippen LogP contribution in [-0.4, -0.2) is 4.57 Å². The van der Waals surface area contributed by atoms with Crippen molar-refractivity contribution in [2.24, 2.45) is 0 Å². The zero-order chi connectivity index (χ0) is 29.7. The quantitative estimate of drug-likeness (QED) is 0.194. The average molecular weight is 594 g/mol. The fourth-order valence-corrected chi connectivity index (χ4v) is 7.45. The molecule has 3 heteroatoms. The molecule has 3 heterocycles. The van der Waals surface area contributed by atoms with Gasteiger partial charge in [0.25, 0.3) is 0 Å². The molecule has 0 saturated carbocycles. The second-order valence-corrected chi connectivity index (χ2v) is 12.4. The number of furan rings is 1. The molecule has 9 rings (SSSR count). The molecule has 0 N–H and O–H groups in total. The monoisotopic (exact) mass is 593 g/mol. The normalized spacial score (nSPS) is 11.6. The van der Waals surface area contributed by atoms with Crippen molar-refractivity contribution in [2.75, 3.05) is 0 Å². The fraction of sp³-hybridized carbons (Fsp3) is 0. The molecule has 0 aliphatic carbocycles. The van der Waals surface area contributed by atoms with Crippen LogP contribution in [0.15, 0.2) is 168 Å². The summed E-state index contributed by atoms with van der Waals surface area (Å²) < 4.78 is 8.28. The van der Waals surface area contributed by atoms with E-state index in [1.807, 2.05) is 6.07 Å². The number of nitrogens with zero attached hydrogens (tertiary/aromatic N) is 1. The van der Waals surface area contributed by atoms with E-state index >= 15 is 0 Å². The molecule has 0 radical (unpaired) electrons. The third kappa shape index (κ3) is 4.40. The minimum Gasteiger partial charge on any atom is -0.464 e. The van der Waals surface area contributed by atoms with Crippen molar-refractivity contribution in [3.8, 4) is 49.7 Å². The molecule has 0 saturated heterocycles. The first-order chi connectivity index (χ1) is 22.3. The van der Waals surface area contributed by atoms with Gasteiger partial charge in [0.15, 0.2) is 0 Å². The van der Waals surface area contributed by atoms with Gasteiger partial charge in [0.2, 0.25) is 0 Å². The maximum absolute atomic E-state index is 6.08.